The first-order valence-electron chi connectivity index (χ1n) is 8.23. The summed E-state index contributed by atoms with van der Waals surface area (Å²) in [6.45, 7) is 3.30. The standard InChI is InChI=1S/C17H16ClN3O4S2/c1-11-15(27(22,23)21-6-8-24-9-7-21)10-14(26-11)17-19-16(20-25-17)12-2-4-13(18)5-3-12/h2-5,10H,6-9H2,1H3. The van der Waals surface area contributed by atoms with Crippen molar-refractivity contribution in [3.05, 3.63) is 40.2 Å². The normalized spacial score (nSPS) is 15.9. The average Bonchev–Trinajstić information content (AvgIpc) is 3.30. The molecule has 142 valence electrons. The minimum Gasteiger partial charge on any atom is -0.379 e. The van der Waals surface area contributed by atoms with Gasteiger partial charge in [0.05, 0.1) is 23.0 Å². The number of hydrogen-bond acceptors (Lipinski definition) is 7. The molecule has 0 atom stereocenters. The molecule has 1 aromatic carbocycles. The van der Waals surface area contributed by atoms with E-state index in [1.165, 1.54) is 15.6 Å². The van der Waals surface area contributed by atoms with Crippen molar-refractivity contribution < 1.29 is 17.7 Å². The van der Waals surface area contributed by atoms with E-state index in [4.69, 9.17) is 20.9 Å². The molecule has 3 heterocycles. The highest BCUT2D eigenvalue weighted by molar-refractivity contribution is 7.89. The van der Waals surface area contributed by atoms with Gasteiger partial charge in [-0.1, -0.05) is 16.8 Å². The second-order valence-corrected chi connectivity index (χ2v) is 9.58. The van der Waals surface area contributed by atoms with E-state index < -0.39 is 10.0 Å². The first-order chi connectivity index (χ1) is 12.9. The average molecular weight is 426 g/mol. The van der Waals surface area contributed by atoms with E-state index >= 15 is 0 Å². The van der Waals surface area contributed by atoms with Crippen LogP contribution in [0.4, 0.5) is 0 Å². The molecule has 0 aliphatic carbocycles. The fourth-order valence-electron chi connectivity index (χ4n) is 2.79. The highest BCUT2D eigenvalue weighted by Crippen LogP contribution is 2.35. The number of hydrogen-bond donors (Lipinski definition) is 0. The lowest BCUT2D eigenvalue weighted by Crippen LogP contribution is -2.40. The van der Waals surface area contributed by atoms with Crippen LogP contribution in [-0.4, -0.2) is 49.2 Å². The summed E-state index contributed by atoms with van der Waals surface area (Å²) in [7, 11) is -3.57. The van der Waals surface area contributed by atoms with E-state index in [9.17, 15) is 8.42 Å². The SMILES string of the molecule is Cc1sc(-c2nc(-c3ccc(Cl)cc3)no2)cc1S(=O)(=O)N1CCOCC1. The Kier molecular flexibility index (Phi) is 5.04. The molecular formula is C17H16ClN3O4S2. The third-order valence-corrected chi connectivity index (χ3v) is 7.64. The van der Waals surface area contributed by atoms with Crippen molar-refractivity contribution in [2.24, 2.45) is 0 Å². The fraction of sp³-hybridized carbons (Fsp3) is 0.294. The number of rotatable bonds is 4. The summed E-state index contributed by atoms with van der Waals surface area (Å²) < 4.78 is 37.9. The Labute approximate surface area is 165 Å². The molecule has 1 fully saturated rings. The Morgan fingerprint density at radius 1 is 1.19 bits per heavy atom. The highest BCUT2D eigenvalue weighted by Gasteiger charge is 2.30. The van der Waals surface area contributed by atoms with Gasteiger partial charge < -0.3 is 9.26 Å². The lowest BCUT2D eigenvalue weighted by molar-refractivity contribution is 0.0730. The van der Waals surface area contributed by atoms with Crippen molar-refractivity contribution in [1.82, 2.24) is 14.4 Å². The minimum absolute atomic E-state index is 0.274. The van der Waals surface area contributed by atoms with Crippen LogP contribution in [0.15, 0.2) is 39.8 Å². The van der Waals surface area contributed by atoms with Crippen LogP contribution in [0.1, 0.15) is 4.88 Å². The van der Waals surface area contributed by atoms with Crippen molar-refractivity contribution in [3.63, 3.8) is 0 Å². The number of morpholine rings is 1. The van der Waals surface area contributed by atoms with Crippen molar-refractivity contribution in [2.75, 3.05) is 26.3 Å². The van der Waals surface area contributed by atoms with E-state index in [2.05, 4.69) is 10.1 Å². The van der Waals surface area contributed by atoms with Gasteiger partial charge in [-0.25, -0.2) is 8.42 Å². The molecule has 1 saturated heterocycles. The van der Waals surface area contributed by atoms with Gasteiger partial charge in [0.2, 0.25) is 15.8 Å². The van der Waals surface area contributed by atoms with E-state index in [1.54, 1.807) is 37.3 Å². The monoisotopic (exact) mass is 425 g/mol. The van der Waals surface area contributed by atoms with Crippen molar-refractivity contribution in [1.29, 1.82) is 0 Å². The van der Waals surface area contributed by atoms with Crippen LogP contribution in [0.25, 0.3) is 22.2 Å². The van der Waals surface area contributed by atoms with E-state index in [1.807, 2.05) is 0 Å². The molecule has 0 saturated carbocycles. The summed E-state index contributed by atoms with van der Waals surface area (Å²) in [5, 5.41) is 4.60. The first kappa shape index (κ1) is 18.6. The summed E-state index contributed by atoms with van der Waals surface area (Å²) in [5.74, 6) is 0.710. The van der Waals surface area contributed by atoms with Gasteiger partial charge in [-0.15, -0.1) is 11.3 Å². The molecular weight excluding hydrogens is 410 g/mol. The van der Waals surface area contributed by atoms with Gasteiger partial charge in [-0.05, 0) is 37.3 Å². The molecule has 4 rings (SSSR count). The van der Waals surface area contributed by atoms with Gasteiger partial charge in [0.1, 0.15) is 0 Å². The lowest BCUT2D eigenvalue weighted by Gasteiger charge is -2.25. The van der Waals surface area contributed by atoms with Crippen molar-refractivity contribution >= 4 is 33.0 Å². The number of nitrogens with zero attached hydrogens (tertiary/aromatic N) is 3. The maximum atomic E-state index is 12.9. The maximum absolute atomic E-state index is 12.9. The Morgan fingerprint density at radius 3 is 2.59 bits per heavy atom. The van der Waals surface area contributed by atoms with E-state index in [0.717, 1.165) is 5.56 Å². The van der Waals surface area contributed by atoms with E-state index in [-0.39, 0.29) is 10.8 Å². The summed E-state index contributed by atoms with van der Waals surface area (Å²) in [6.07, 6.45) is 0. The largest absolute Gasteiger partial charge is 0.379 e. The summed E-state index contributed by atoms with van der Waals surface area (Å²) >= 11 is 7.21. The van der Waals surface area contributed by atoms with Crippen LogP contribution in [0.2, 0.25) is 5.02 Å². The zero-order chi connectivity index (χ0) is 19.0. The predicted octanol–water partition coefficient (Wildman–Crippen LogP) is 3.45. The third-order valence-electron chi connectivity index (χ3n) is 4.20. The molecule has 0 spiro atoms. The molecule has 0 bridgehead atoms. The zero-order valence-corrected chi connectivity index (χ0v) is 16.8. The number of halogens is 1. The minimum atomic E-state index is -3.57. The first-order valence-corrected chi connectivity index (χ1v) is 10.9. The van der Waals surface area contributed by atoms with Gasteiger partial charge in [0.15, 0.2) is 0 Å². The molecule has 0 unspecified atom stereocenters. The molecule has 2 aromatic heterocycles. The molecule has 0 radical (unpaired) electrons. The molecule has 1 aliphatic rings. The van der Waals surface area contributed by atoms with Crippen molar-refractivity contribution in [2.45, 2.75) is 11.8 Å². The molecule has 27 heavy (non-hydrogen) atoms. The van der Waals surface area contributed by atoms with Crippen LogP contribution in [0, 0.1) is 6.92 Å². The van der Waals surface area contributed by atoms with Gasteiger partial charge in [0, 0.05) is 28.6 Å². The van der Waals surface area contributed by atoms with Crippen molar-refractivity contribution in [3.8, 4) is 22.2 Å². The number of aryl methyl sites for hydroxylation is 1. The number of benzene rings is 1. The quantitative estimate of drug-likeness (QED) is 0.636. The van der Waals surface area contributed by atoms with E-state index in [0.29, 0.717) is 46.9 Å². The van der Waals surface area contributed by atoms with Gasteiger partial charge in [-0.2, -0.15) is 9.29 Å². The lowest BCUT2D eigenvalue weighted by atomic mass is 10.2. The Hall–Kier alpha value is -1.78. The molecule has 0 amide bonds. The predicted molar refractivity (Wildman–Crippen MR) is 102 cm³/mol. The highest BCUT2D eigenvalue weighted by atomic mass is 35.5. The molecule has 1 aliphatic heterocycles. The topological polar surface area (TPSA) is 85.5 Å². The zero-order valence-electron chi connectivity index (χ0n) is 14.4. The van der Waals surface area contributed by atoms with Crippen LogP contribution >= 0.6 is 22.9 Å². The fourth-order valence-corrected chi connectivity index (χ4v) is 5.81. The number of sulfonamides is 1. The van der Waals surface area contributed by atoms with Gasteiger partial charge in [0.25, 0.3) is 5.89 Å². The second-order valence-electron chi connectivity index (χ2n) is 5.98. The second kappa shape index (κ2) is 7.33. The number of ether oxygens (including phenoxy) is 1. The number of thiophene rings is 1. The summed E-state index contributed by atoms with van der Waals surface area (Å²) in [4.78, 5) is 5.97. The summed E-state index contributed by atoms with van der Waals surface area (Å²) in [6, 6.07) is 8.68. The Morgan fingerprint density at radius 2 is 1.89 bits per heavy atom. The smallest absolute Gasteiger partial charge is 0.268 e. The Bertz CT molecular complexity index is 1050. The third kappa shape index (κ3) is 3.65. The molecule has 0 N–H and O–H groups in total. The Balaban J connectivity index is 1.64. The van der Waals surface area contributed by atoms with Crippen LogP contribution in [0.3, 0.4) is 0 Å². The number of aromatic nitrogens is 2. The van der Waals surface area contributed by atoms with Crippen LogP contribution in [0.5, 0.6) is 0 Å². The van der Waals surface area contributed by atoms with Gasteiger partial charge >= 0.3 is 0 Å². The maximum Gasteiger partial charge on any atom is 0.268 e. The van der Waals surface area contributed by atoms with Gasteiger partial charge in [-0.3, -0.25) is 0 Å². The summed E-state index contributed by atoms with van der Waals surface area (Å²) in [5.41, 5.74) is 0.767. The molecule has 7 nitrogen and oxygen atoms in total. The molecule has 3 aromatic rings. The van der Waals surface area contributed by atoms with Crippen LogP contribution in [-0.2, 0) is 14.8 Å². The van der Waals surface area contributed by atoms with Crippen LogP contribution < -0.4 is 0 Å². The molecule has 10 heteroatoms.